The van der Waals surface area contributed by atoms with Crippen LogP contribution < -0.4 is 17.0 Å². The third-order valence-electron chi connectivity index (χ3n) is 3.07. The Bertz CT molecular complexity index is 753. The van der Waals surface area contributed by atoms with Crippen molar-refractivity contribution in [3.8, 4) is 0 Å². The lowest BCUT2D eigenvalue weighted by Gasteiger charge is -2.10. The molecule has 0 aliphatic rings. The summed E-state index contributed by atoms with van der Waals surface area (Å²) in [5, 5.41) is 0. The van der Waals surface area contributed by atoms with Crippen molar-refractivity contribution >= 4 is 0 Å². The van der Waals surface area contributed by atoms with Gasteiger partial charge in [-0.25, -0.2) is 13.6 Å². The summed E-state index contributed by atoms with van der Waals surface area (Å²) in [4.78, 5) is 23.8. The van der Waals surface area contributed by atoms with Crippen LogP contribution in [0.2, 0.25) is 0 Å². The van der Waals surface area contributed by atoms with Gasteiger partial charge < -0.3 is 5.73 Å². The van der Waals surface area contributed by atoms with Gasteiger partial charge in [-0.05, 0) is 31.2 Å². The van der Waals surface area contributed by atoms with E-state index >= 15 is 0 Å². The van der Waals surface area contributed by atoms with Gasteiger partial charge in [0.15, 0.2) is 0 Å². The maximum absolute atomic E-state index is 13.6. The smallest absolute Gasteiger partial charge is 0.330 e. The highest BCUT2D eigenvalue weighted by atomic mass is 19.1. The maximum Gasteiger partial charge on any atom is 0.331 e. The Labute approximate surface area is 119 Å². The first kappa shape index (κ1) is 15.1. The summed E-state index contributed by atoms with van der Waals surface area (Å²) in [6.07, 6.45) is 1.75. The van der Waals surface area contributed by atoms with Crippen LogP contribution in [-0.2, 0) is 13.1 Å². The number of aromatic nitrogens is 2. The molecule has 2 N–H and O–H groups in total. The van der Waals surface area contributed by atoms with E-state index in [1.165, 1.54) is 12.3 Å². The third-order valence-corrected chi connectivity index (χ3v) is 3.07. The van der Waals surface area contributed by atoms with Gasteiger partial charge in [0.2, 0.25) is 0 Å². The Morgan fingerprint density at radius 2 is 1.90 bits per heavy atom. The summed E-state index contributed by atoms with van der Waals surface area (Å²) in [5.74, 6) is -1.20. The molecule has 0 saturated carbocycles. The maximum atomic E-state index is 13.6. The molecule has 2 aromatic rings. The highest BCUT2D eigenvalue weighted by Gasteiger charge is 2.09. The van der Waals surface area contributed by atoms with E-state index in [0.29, 0.717) is 13.0 Å². The molecule has 112 valence electrons. The van der Waals surface area contributed by atoms with Gasteiger partial charge >= 0.3 is 5.69 Å². The average molecular weight is 295 g/mol. The molecule has 5 nitrogen and oxygen atoms in total. The summed E-state index contributed by atoms with van der Waals surface area (Å²) in [6, 6.07) is 4.25. The zero-order valence-electron chi connectivity index (χ0n) is 11.3. The Hall–Kier alpha value is -2.28. The molecule has 0 radical (unpaired) electrons. The predicted octanol–water partition coefficient (Wildman–Crippen LogP) is 0.685. The SMILES string of the molecule is NCCCn1c(=O)ccn(Cc2cc(F)ccc2F)c1=O. The molecule has 0 spiro atoms. The largest absolute Gasteiger partial charge is 0.331 e. The molecule has 0 bridgehead atoms. The van der Waals surface area contributed by atoms with Gasteiger partial charge in [-0.15, -0.1) is 0 Å². The number of benzene rings is 1. The van der Waals surface area contributed by atoms with Gasteiger partial charge in [0.05, 0.1) is 6.54 Å². The summed E-state index contributed by atoms with van der Waals surface area (Å²) in [5.41, 5.74) is 4.39. The monoisotopic (exact) mass is 295 g/mol. The lowest BCUT2D eigenvalue weighted by Crippen LogP contribution is -2.39. The Morgan fingerprint density at radius 3 is 2.62 bits per heavy atom. The summed E-state index contributed by atoms with van der Waals surface area (Å²) < 4.78 is 28.9. The molecule has 0 unspecified atom stereocenters. The third kappa shape index (κ3) is 3.43. The van der Waals surface area contributed by atoms with E-state index in [4.69, 9.17) is 5.73 Å². The molecule has 0 fully saturated rings. The molecule has 21 heavy (non-hydrogen) atoms. The molecule has 1 aromatic heterocycles. The number of rotatable bonds is 5. The van der Waals surface area contributed by atoms with Crippen molar-refractivity contribution in [1.29, 1.82) is 0 Å². The average Bonchev–Trinajstić information content (AvgIpc) is 2.46. The van der Waals surface area contributed by atoms with Crippen LogP contribution in [0.15, 0.2) is 40.1 Å². The quantitative estimate of drug-likeness (QED) is 0.882. The fourth-order valence-corrected chi connectivity index (χ4v) is 1.98. The van der Waals surface area contributed by atoms with Crippen LogP contribution in [-0.4, -0.2) is 15.7 Å². The highest BCUT2D eigenvalue weighted by molar-refractivity contribution is 5.19. The Morgan fingerprint density at radius 1 is 1.14 bits per heavy atom. The Kier molecular flexibility index (Phi) is 4.64. The molecular weight excluding hydrogens is 280 g/mol. The van der Waals surface area contributed by atoms with Crippen LogP contribution in [0.5, 0.6) is 0 Å². The van der Waals surface area contributed by atoms with Crippen LogP contribution in [0.1, 0.15) is 12.0 Å². The standard InChI is InChI=1S/C14H15F2N3O2/c15-11-2-3-12(16)10(8-11)9-18-7-4-13(20)19(14(18)21)6-1-5-17/h2-4,7-8H,1,5-6,9,17H2. The van der Waals surface area contributed by atoms with E-state index in [0.717, 1.165) is 27.3 Å². The van der Waals surface area contributed by atoms with Gasteiger partial charge in [-0.2, -0.15) is 0 Å². The first-order chi connectivity index (χ1) is 10.0. The molecule has 1 aromatic carbocycles. The molecule has 0 aliphatic heterocycles. The first-order valence-electron chi connectivity index (χ1n) is 6.47. The number of nitrogens with zero attached hydrogens (tertiary/aromatic N) is 2. The van der Waals surface area contributed by atoms with Gasteiger partial charge in [0, 0.05) is 24.4 Å². The number of nitrogens with two attached hydrogens (primary N) is 1. The second-order valence-corrected chi connectivity index (χ2v) is 4.59. The minimum absolute atomic E-state index is 0.0427. The molecule has 0 aliphatic carbocycles. The zero-order chi connectivity index (χ0) is 15.4. The van der Waals surface area contributed by atoms with Gasteiger partial charge in [0.1, 0.15) is 11.6 Å². The molecule has 0 amide bonds. The van der Waals surface area contributed by atoms with Gasteiger partial charge in [-0.3, -0.25) is 13.9 Å². The molecular formula is C14H15F2N3O2. The van der Waals surface area contributed by atoms with E-state index < -0.39 is 22.9 Å². The Balaban J connectivity index is 2.39. The molecule has 0 saturated heterocycles. The summed E-state index contributed by atoms with van der Waals surface area (Å²) >= 11 is 0. The predicted molar refractivity (Wildman–Crippen MR) is 74.1 cm³/mol. The lowest BCUT2D eigenvalue weighted by atomic mass is 10.2. The zero-order valence-corrected chi connectivity index (χ0v) is 11.3. The van der Waals surface area contributed by atoms with E-state index in [2.05, 4.69) is 0 Å². The van der Waals surface area contributed by atoms with Crippen LogP contribution in [0.4, 0.5) is 8.78 Å². The topological polar surface area (TPSA) is 70.0 Å². The van der Waals surface area contributed by atoms with Crippen molar-refractivity contribution in [2.45, 2.75) is 19.5 Å². The van der Waals surface area contributed by atoms with Crippen molar-refractivity contribution in [3.05, 3.63) is 68.5 Å². The van der Waals surface area contributed by atoms with E-state index in [-0.39, 0.29) is 18.7 Å². The van der Waals surface area contributed by atoms with E-state index in [1.807, 2.05) is 0 Å². The normalized spacial score (nSPS) is 10.8. The van der Waals surface area contributed by atoms with Crippen molar-refractivity contribution in [2.24, 2.45) is 5.73 Å². The van der Waals surface area contributed by atoms with E-state index in [1.54, 1.807) is 0 Å². The van der Waals surface area contributed by atoms with Gasteiger partial charge in [-0.1, -0.05) is 0 Å². The van der Waals surface area contributed by atoms with Crippen molar-refractivity contribution in [2.75, 3.05) is 6.54 Å². The number of hydrogen-bond donors (Lipinski definition) is 1. The summed E-state index contributed by atoms with van der Waals surface area (Å²) in [6.45, 7) is 0.394. The fraction of sp³-hybridized carbons (Fsp3) is 0.286. The highest BCUT2D eigenvalue weighted by Crippen LogP contribution is 2.10. The van der Waals surface area contributed by atoms with Gasteiger partial charge in [0.25, 0.3) is 5.56 Å². The second kappa shape index (κ2) is 6.45. The van der Waals surface area contributed by atoms with Crippen molar-refractivity contribution in [1.82, 2.24) is 9.13 Å². The molecule has 1 heterocycles. The number of halogens is 2. The van der Waals surface area contributed by atoms with Crippen LogP contribution >= 0.6 is 0 Å². The minimum Gasteiger partial charge on any atom is -0.330 e. The van der Waals surface area contributed by atoms with E-state index in [9.17, 15) is 18.4 Å². The molecule has 7 heteroatoms. The molecule has 2 rings (SSSR count). The van der Waals surface area contributed by atoms with Crippen LogP contribution in [0, 0.1) is 11.6 Å². The van der Waals surface area contributed by atoms with Crippen LogP contribution in [0.3, 0.4) is 0 Å². The first-order valence-corrected chi connectivity index (χ1v) is 6.47. The second-order valence-electron chi connectivity index (χ2n) is 4.59. The van der Waals surface area contributed by atoms with Crippen LogP contribution in [0.25, 0.3) is 0 Å². The number of hydrogen-bond acceptors (Lipinski definition) is 3. The summed E-state index contributed by atoms with van der Waals surface area (Å²) in [7, 11) is 0. The minimum atomic E-state index is -0.608. The molecule has 0 atom stereocenters. The van der Waals surface area contributed by atoms with Crippen molar-refractivity contribution < 1.29 is 8.78 Å². The van der Waals surface area contributed by atoms with Crippen molar-refractivity contribution in [3.63, 3.8) is 0 Å². The fourth-order valence-electron chi connectivity index (χ4n) is 1.98. The lowest BCUT2D eigenvalue weighted by molar-refractivity contribution is 0.538.